The molecular formula is C12H21ClN6. The van der Waals surface area contributed by atoms with Gasteiger partial charge in [-0.3, -0.25) is 21.7 Å². The highest BCUT2D eigenvalue weighted by Crippen LogP contribution is 2.04. The van der Waals surface area contributed by atoms with Crippen LogP contribution in [0, 0.1) is 10.8 Å². The molecule has 6 nitrogen and oxygen atoms in total. The molecule has 7 N–H and O–H groups in total. The SMILES string of the molecule is CC(CCc1ccccc1)NC(=N)NNC(=N)N.Cl. The van der Waals surface area contributed by atoms with Crippen molar-refractivity contribution < 1.29 is 0 Å². The van der Waals surface area contributed by atoms with Gasteiger partial charge in [0.1, 0.15) is 0 Å². The van der Waals surface area contributed by atoms with E-state index in [1.165, 1.54) is 5.56 Å². The average Bonchev–Trinajstić information content (AvgIpc) is 2.35. The van der Waals surface area contributed by atoms with Crippen LogP contribution < -0.4 is 21.9 Å². The normalized spacial score (nSPS) is 10.8. The van der Waals surface area contributed by atoms with Gasteiger partial charge in [0.05, 0.1) is 0 Å². The Morgan fingerprint density at radius 3 is 2.42 bits per heavy atom. The second-order valence-electron chi connectivity index (χ2n) is 4.11. The highest BCUT2D eigenvalue weighted by molar-refractivity contribution is 5.85. The molecule has 0 aliphatic heterocycles. The monoisotopic (exact) mass is 284 g/mol. The van der Waals surface area contributed by atoms with E-state index in [2.05, 4.69) is 28.3 Å². The number of nitrogens with two attached hydrogens (primary N) is 1. The summed E-state index contributed by atoms with van der Waals surface area (Å²) >= 11 is 0. The molecule has 7 heteroatoms. The van der Waals surface area contributed by atoms with E-state index in [-0.39, 0.29) is 30.4 Å². The average molecular weight is 285 g/mol. The molecule has 1 aromatic rings. The van der Waals surface area contributed by atoms with Gasteiger partial charge < -0.3 is 11.1 Å². The molecule has 106 valence electrons. The summed E-state index contributed by atoms with van der Waals surface area (Å²) in [6, 6.07) is 10.4. The van der Waals surface area contributed by atoms with Crippen molar-refractivity contribution in [3.8, 4) is 0 Å². The Morgan fingerprint density at radius 1 is 1.21 bits per heavy atom. The molecule has 0 aromatic heterocycles. The van der Waals surface area contributed by atoms with Crippen molar-refractivity contribution in [2.45, 2.75) is 25.8 Å². The first-order valence-corrected chi connectivity index (χ1v) is 5.83. The van der Waals surface area contributed by atoms with Crippen molar-refractivity contribution in [1.82, 2.24) is 16.2 Å². The summed E-state index contributed by atoms with van der Waals surface area (Å²) in [5.74, 6) is -0.121. The number of halogens is 1. The van der Waals surface area contributed by atoms with Crippen LogP contribution in [-0.4, -0.2) is 18.0 Å². The maximum atomic E-state index is 7.56. The molecule has 1 unspecified atom stereocenters. The Labute approximate surface area is 119 Å². The van der Waals surface area contributed by atoms with Crippen molar-refractivity contribution in [3.63, 3.8) is 0 Å². The summed E-state index contributed by atoms with van der Waals surface area (Å²) in [5.41, 5.74) is 11.2. The lowest BCUT2D eigenvalue weighted by atomic mass is 10.1. The molecule has 0 aliphatic rings. The number of rotatable bonds is 4. The molecule has 0 fully saturated rings. The predicted octanol–water partition coefficient (Wildman–Crippen LogP) is 0.942. The van der Waals surface area contributed by atoms with Crippen LogP contribution in [0.1, 0.15) is 18.9 Å². The maximum Gasteiger partial charge on any atom is 0.207 e. The largest absolute Gasteiger partial charge is 0.369 e. The topological polar surface area (TPSA) is 110 Å². The van der Waals surface area contributed by atoms with Gasteiger partial charge in [0.15, 0.2) is 0 Å². The Morgan fingerprint density at radius 2 is 1.84 bits per heavy atom. The van der Waals surface area contributed by atoms with Crippen LogP contribution in [0.25, 0.3) is 0 Å². The van der Waals surface area contributed by atoms with Gasteiger partial charge in [0, 0.05) is 6.04 Å². The van der Waals surface area contributed by atoms with Crippen LogP contribution in [0.5, 0.6) is 0 Å². The Kier molecular flexibility index (Phi) is 8.12. The third-order valence-electron chi connectivity index (χ3n) is 2.42. The van der Waals surface area contributed by atoms with Gasteiger partial charge in [-0.2, -0.15) is 0 Å². The van der Waals surface area contributed by atoms with Gasteiger partial charge in [0.25, 0.3) is 0 Å². The van der Waals surface area contributed by atoms with E-state index in [4.69, 9.17) is 16.6 Å². The smallest absolute Gasteiger partial charge is 0.207 e. The van der Waals surface area contributed by atoms with E-state index in [0.717, 1.165) is 12.8 Å². The minimum Gasteiger partial charge on any atom is -0.369 e. The minimum absolute atomic E-state index is 0. The minimum atomic E-state index is -0.224. The summed E-state index contributed by atoms with van der Waals surface area (Å²) in [7, 11) is 0. The molecule has 1 aromatic carbocycles. The second-order valence-corrected chi connectivity index (χ2v) is 4.11. The van der Waals surface area contributed by atoms with Gasteiger partial charge in [-0.15, -0.1) is 12.4 Å². The van der Waals surface area contributed by atoms with E-state index in [1.54, 1.807) is 0 Å². The summed E-state index contributed by atoms with van der Waals surface area (Å²) in [4.78, 5) is 0. The number of hydrogen-bond acceptors (Lipinski definition) is 2. The molecular weight excluding hydrogens is 264 g/mol. The zero-order valence-electron chi connectivity index (χ0n) is 10.9. The second kappa shape index (κ2) is 9.04. The van der Waals surface area contributed by atoms with Gasteiger partial charge in [-0.1, -0.05) is 30.3 Å². The number of nitrogens with one attached hydrogen (secondary N) is 5. The summed E-state index contributed by atoms with van der Waals surface area (Å²) < 4.78 is 0. The molecule has 19 heavy (non-hydrogen) atoms. The highest BCUT2D eigenvalue weighted by Gasteiger charge is 2.04. The molecule has 0 saturated heterocycles. The molecule has 0 radical (unpaired) electrons. The fourth-order valence-electron chi connectivity index (χ4n) is 1.51. The first-order valence-electron chi connectivity index (χ1n) is 5.83. The molecule has 0 heterocycles. The molecule has 0 spiro atoms. The van der Waals surface area contributed by atoms with E-state index in [0.29, 0.717) is 0 Å². The van der Waals surface area contributed by atoms with Crippen LogP contribution in [0.4, 0.5) is 0 Å². The van der Waals surface area contributed by atoms with Gasteiger partial charge in [-0.05, 0) is 25.3 Å². The van der Waals surface area contributed by atoms with E-state index >= 15 is 0 Å². The Bertz CT molecular complexity index is 394. The lowest BCUT2D eigenvalue weighted by Crippen LogP contribution is -2.51. The van der Waals surface area contributed by atoms with Gasteiger partial charge >= 0.3 is 0 Å². The fourth-order valence-corrected chi connectivity index (χ4v) is 1.51. The van der Waals surface area contributed by atoms with Crippen molar-refractivity contribution in [2.24, 2.45) is 5.73 Å². The standard InChI is InChI=1S/C12H20N6.ClH/c1-9(16-12(15)18-17-11(13)14)7-8-10-5-3-2-4-6-10;/h2-6,9H,7-8H2,1H3,(H4,13,14,17)(H3,15,16,18);1H. The Hall–Kier alpha value is -1.95. The third kappa shape index (κ3) is 7.88. The molecule has 0 amide bonds. The fraction of sp³-hybridized carbons (Fsp3) is 0.333. The van der Waals surface area contributed by atoms with Crippen LogP contribution in [0.2, 0.25) is 0 Å². The van der Waals surface area contributed by atoms with Gasteiger partial charge in [-0.25, -0.2) is 0 Å². The van der Waals surface area contributed by atoms with E-state index < -0.39 is 0 Å². The molecule has 0 bridgehead atoms. The third-order valence-corrected chi connectivity index (χ3v) is 2.42. The molecule has 0 saturated carbocycles. The Balaban J connectivity index is 0.00000324. The van der Waals surface area contributed by atoms with Crippen LogP contribution in [0.3, 0.4) is 0 Å². The number of hydrazine groups is 1. The summed E-state index contributed by atoms with van der Waals surface area (Å²) in [6.45, 7) is 2.01. The van der Waals surface area contributed by atoms with Crippen LogP contribution in [-0.2, 0) is 6.42 Å². The zero-order chi connectivity index (χ0) is 13.4. The van der Waals surface area contributed by atoms with E-state index in [1.807, 2.05) is 25.1 Å². The van der Waals surface area contributed by atoms with Crippen LogP contribution in [0.15, 0.2) is 30.3 Å². The first-order chi connectivity index (χ1) is 8.58. The molecule has 0 aliphatic carbocycles. The number of hydrogen-bond donors (Lipinski definition) is 6. The predicted molar refractivity (Wildman–Crippen MR) is 80.5 cm³/mol. The quantitative estimate of drug-likeness (QED) is 0.281. The van der Waals surface area contributed by atoms with Crippen molar-refractivity contribution in [3.05, 3.63) is 35.9 Å². The van der Waals surface area contributed by atoms with Crippen molar-refractivity contribution in [1.29, 1.82) is 10.8 Å². The molecule has 1 atom stereocenters. The maximum absolute atomic E-state index is 7.56. The zero-order valence-corrected chi connectivity index (χ0v) is 11.7. The van der Waals surface area contributed by atoms with Crippen molar-refractivity contribution in [2.75, 3.05) is 0 Å². The lowest BCUT2D eigenvalue weighted by molar-refractivity contribution is 0.588. The number of aryl methyl sites for hydroxylation is 1. The number of guanidine groups is 2. The summed E-state index contributed by atoms with van der Waals surface area (Å²) in [6.07, 6.45) is 1.89. The molecule has 1 rings (SSSR count). The lowest BCUT2D eigenvalue weighted by Gasteiger charge is -2.17. The summed E-state index contributed by atoms with van der Waals surface area (Å²) in [5, 5.41) is 17.5. The number of benzene rings is 1. The van der Waals surface area contributed by atoms with Gasteiger partial charge in [0.2, 0.25) is 11.9 Å². The highest BCUT2D eigenvalue weighted by atomic mass is 35.5. The van der Waals surface area contributed by atoms with Crippen molar-refractivity contribution >= 4 is 24.3 Å². The van der Waals surface area contributed by atoms with E-state index in [9.17, 15) is 0 Å². The van der Waals surface area contributed by atoms with Crippen LogP contribution >= 0.6 is 12.4 Å². The first kappa shape index (κ1) is 17.1.